The number of anilines is 1. The fourth-order valence-corrected chi connectivity index (χ4v) is 3.46. The molecule has 4 N–H and O–H groups in total. The van der Waals surface area contributed by atoms with E-state index in [0.717, 1.165) is 0 Å². The highest BCUT2D eigenvalue weighted by atomic mass is 32.2. The maximum absolute atomic E-state index is 12.9. The number of imidazole rings is 1. The SMILES string of the molecule is Nc1ncnc2c1ncn2[C@@H]1O[C@H](COC(=O)c2ccccc2SF)[C@@H](O)[C@H]1O. The van der Waals surface area contributed by atoms with Gasteiger partial charge in [-0.25, -0.2) is 19.7 Å². The van der Waals surface area contributed by atoms with E-state index in [1.54, 1.807) is 12.1 Å². The lowest BCUT2D eigenvalue weighted by molar-refractivity contribution is -0.0566. The predicted octanol–water partition coefficient (Wildman–Crippen LogP) is 0.861. The average molecular weight is 421 g/mol. The molecule has 4 atom stereocenters. The third-order valence-corrected chi connectivity index (χ3v) is 5.09. The molecule has 1 aromatic carbocycles. The molecule has 1 aliphatic rings. The molecular weight excluding hydrogens is 405 g/mol. The minimum atomic E-state index is -1.34. The lowest BCUT2D eigenvalue weighted by Crippen LogP contribution is -2.34. The van der Waals surface area contributed by atoms with Crippen molar-refractivity contribution in [3.05, 3.63) is 42.5 Å². The number of nitrogens with zero attached hydrogens (tertiary/aromatic N) is 4. The van der Waals surface area contributed by atoms with E-state index in [1.807, 2.05) is 0 Å². The number of nitrogen functional groups attached to an aromatic ring is 1. The van der Waals surface area contributed by atoms with E-state index < -0.39 is 30.5 Å². The van der Waals surface area contributed by atoms with Crippen LogP contribution in [0.15, 0.2) is 41.8 Å². The highest BCUT2D eigenvalue weighted by Crippen LogP contribution is 2.32. The van der Waals surface area contributed by atoms with Gasteiger partial charge in [-0.1, -0.05) is 12.1 Å². The standard InChI is InChI=1S/C17H16FN5O5S/c18-29-10-4-2-1-3-8(10)17(26)27-5-9-12(24)13(25)16(28-9)23-7-22-11-14(19)20-6-21-15(11)23/h1-4,6-7,9,12-13,16,24-25H,5H2,(H2,19,20,21)/t9-,12-,13-,16-/m1/s1. The summed E-state index contributed by atoms with van der Waals surface area (Å²) in [7, 11) is 0. The average Bonchev–Trinajstić information content (AvgIpc) is 3.29. The van der Waals surface area contributed by atoms with E-state index in [0.29, 0.717) is 11.2 Å². The van der Waals surface area contributed by atoms with E-state index in [9.17, 15) is 18.9 Å². The van der Waals surface area contributed by atoms with E-state index in [1.165, 1.54) is 29.4 Å². The molecule has 4 rings (SSSR count). The highest BCUT2D eigenvalue weighted by Gasteiger charge is 2.45. The van der Waals surface area contributed by atoms with Gasteiger partial charge in [-0.15, -0.1) is 0 Å². The van der Waals surface area contributed by atoms with Gasteiger partial charge in [0.15, 0.2) is 17.7 Å². The molecule has 0 saturated carbocycles. The first kappa shape index (κ1) is 19.5. The zero-order valence-corrected chi connectivity index (χ0v) is 15.6. The summed E-state index contributed by atoms with van der Waals surface area (Å²) in [5.74, 6) is -0.607. The Morgan fingerprint density at radius 3 is 2.86 bits per heavy atom. The number of carbonyl (C=O) groups is 1. The molecule has 3 aromatic rings. The Balaban J connectivity index is 1.49. The van der Waals surface area contributed by atoms with Gasteiger partial charge < -0.3 is 25.4 Å². The number of aromatic nitrogens is 4. The van der Waals surface area contributed by atoms with Gasteiger partial charge in [0.05, 0.1) is 28.9 Å². The zero-order chi connectivity index (χ0) is 20.5. The normalized spacial score (nSPS) is 24.1. The van der Waals surface area contributed by atoms with Gasteiger partial charge in [-0.05, 0) is 12.1 Å². The Bertz CT molecular complexity index is 1050. The minimum Gasteiger partial charge on any atom is -0.459 e. The number of ether oxygens (including phenoxy) is 2. The third kappa shape index (κ3) is 3.51. The van der Waals surface area contributed by atoms with Gasteiger partial charge in [-0.3, -0.25) is 4.57 Å². The number of aliphatic hydroxyl groups excluding tert-OH is 2. The molecule has 0 spiro atoms. The fourth-order valence-electron chi connectivity index (χ4n) is 3.09. The van der Waals surface area contributed by atoms with Crippen LogP contribution in [0.2, 0.25) is 0 Å². The monoisotopic (exact) mass is 421 g/mol. The first-order chi connectivity index (χ1) is 14.0. The number of fused-ring (bicyclic) bond motifs is 1. The number of nitrogens with two attached hydrogens (primary N) is 1. The Morgan fingerprint density at radius 2 is 2.07 bits per heavy atom. The molecular formula is C17H16FN5O5S. The molecule has 0 aliphatic carbocycles. The maximum atomic E-state index is 12.9. The van der Waals surface area contributed by atoms with Gasteiger partial charge >= 0.3 is 5.97 Å². The van der Waals surface area contributed by atoms with Crippen LogP contribution in [0.5, 0.6) is 0 Å². The third-order valence-electron chi connectivity index (χ3n) is 4.57. The highest BCUT2D eigenvalue weighted by molar-refractivity contribution is 7.94. The van der Waals surface area contributed by atoms with Crippen molar-refractivity contribution >= 4 is 35.1 Å². The summed E-state index contributed by atoms with van der Waals surface area (Å²) < 4.78 is 25.2. The quantitative estimate of drug-likeness (QED) is 0.507. The van der Waals surface area contributed by atoms with Crippen LogP contribution in [0.4, 0.5) is 9.70 Å². The molecule has 1 aliphatic heterocycles. The Morgan fingerprint density at radius 1 is 1.28 bits per heavy atom. The van der Waals surface area contributed by atoms with E-state index in [4.69, 9.17) is 15.2 Å². The first-order valence-electron chi connectivity index (χ1n) is 8.50. The van der Waals surface area contributed by atoms with Crippen molar-refractivity contribution in [1.29, 1.82) is 0 Å². The molecule has 0 amide bonds. The summed E-state index contributed by atoms with van der Waals surface area (Å²) in [4.78, 5) is 24.4. The van der Waals surface area contributed by atoms with Crippen molar-refractivity contribution in [3.63, 3.8) is 0 Å². The number of benzene rings is 1. The van der Waals surface area contributed by atoms with Crippen LogP contribution in [0.3, 0.4) is 0 Å². The number of rotatable bonds is 5. The summed E-state index contributed by atoms with van der Waals surface area (Å²) in [6.45, 7) is -0.345. The van der Waals surface area contributed by atoms with Crippen LogP contribution < -0.4 is 5.73 Å². The number of carbonyl (C=O) groups excluding carboxylic acids is 1. The molecule has 2 aromatic heterocycles. The van der Waals surface area contributed by atoms with Crippen LogP contribution in [0, 0.1) is 0 Å². The molecule has 0 unspecified atom stereocenters. The van der Waals surface area contributed by atoms with Crippen molar-refractivity contribution < 1.29 is 28.4 Å². The summed E-state index contributed by atoms with van der Waals surface area (Å²) in [5.41, 5.74) is 6.45. The lowest BCUT2D eigenvalue weighted by Gasteiger charge is -2.16. The molecule has 0 bridgehead atoms. The Labute approximate surface area is 167 Å². The molecule has 10 nitrogen and oxygen atoms in total. The summed E-state index contributed by atoms with van der Waals surface area (Å²) in [6, 6.07) is 6.04. The van der Waals surface area contributed by atoms with Crippen molar-refractivity contribution in [2.24, 2.45) is 0 Å². The molecule has 1 fully saturated rings. The van der Waals surface area contributed by atoms with Crippen molar-refractivity contribution in [2.45, 2.75) is 29.4 Å². The van der Waals surface area contributed by atoms with Crippen molar-refractivity contribution in [2.75, 3.05) is 12.3 Å². The topological polar surface area (TPSA) is 146 Å². The fraction of sp³-hybridized carbons (Fsp3) is 0.294. The molecule has 12 heteroatoms. The van der Waals surface area contributed by atoms with Gasteiger partial charge in [0.25, 0.3) is 0 Å². The molecule has 152 valence electrons. The van der Waals surface area contributed by atoms with Crippen LogP contribution in [-0.2, 0) is 9.47 Å². The van der Waals surface area contributed by atoms with Gasteiger partial charge in [0, 0.05) is 0 Å². The second-order valence-corrected chi connectivity index (χ2v) is 6.90. The van der Waals surface area contributed by atoms with Gasteiger partial charge in [0.2, 0.25) is 0 Å². The molecule has 3 heterocycles. The summed E-state index contributed by atoms with van der Waals surface area (Å²) >= 11 is -0.0703. The number of esters is 1. The van der Waals surface area contributed by atoms with Gasteiger partial charge in [-0.2, -0.15) is 3.89 Å². The van der Waals surface area contributed by atoms with Crippen molar-refractivity contribution in [3.8, 4) is 0 Å². The van der Waals surface area contributed by atoms with E-state index >= 15 is 0 Å². The largest absolute Gasteiger partial charge is 0.459 e. The molecule has 29 heavy (non-hydrogen) atoms. The van der Waals surface area contributed by atoms with E-state index in [2.05, 4.69) is 15.0 Å². The molecule has 0 radical (unpaired) electrons. The Hall–Kier alpha value is -2.80. The maximum Gasteiger partial charge on any atom is 0.339 e. The van der Waals surface area contributed by atoms with Crippen LogP contribution in [-0.4, -0.2) is 60.6 Å². The van der Waals surface area contributed by atoms with Crippen LogP contribution in [0.1, 0.15) is 16.6 Å². The number of hydrogen-bond donors (Lipinski definition) is 3. The summed E-state index contributed by atoms with van der Waals surface area (Å²) in [5, 5.41) is 20.7. The Kier molecular flexibility index (Phi) is 5.32. The first-order valence-corrected chi connectivity index (χ1v) is 9.22. The van der Waals surface area contributed by atoms with Crippen LogP contribution in [0.25, 0.3) is 11.2 Å². The lowest BCUT2D eigenvalue weighted by atomic mass is 10.1. The smallest absolute Gasteiger partial charge is 0.339 e. The number of hydrogen-bond acceptors (Lipinski definition) is 10. The molecule has 1 saturated heterocycles. The van der Waals surface area contributed by atoms with Crippen molar-refractivity contribution in [1.82, 2.24) is 19.5 Å². The number of halogens is 1. The minimum absolute atomic E-state index is 0.0531. The summed E-state index contributed by atoms with van der Waals surface area (Å²) in [6.07, 6.45) is -2.11. The second kappa shape index (κ2) is 7.91. The van der Waals surface area contributed by atoms with Crippen LogP contribution >= 0.6 is 12.1 Å². The number of aliphatic hydroxyl groups is 2. The van der Waals surface area contributed by atoms with Gasteiger partial charge in [0.1, 0.15) is 36.8 Å². The van der Waals surface area contributed by atoms with E-state index in [-0.39, 0.29) is 35.0 Å². The second-order valence-electron chi connectivity index (χ2n) is 6.30. The zero-order valence-electron chi connectivity index (χ0n) is 14.8. The predicted molar refractivity (Wildman–Crippen MR) is 99.3 cm³/mol.